The number of fused-ring (bicyclic) bond motifs is 1. The van der Waals surface area contributed by atoms with Gasteiger partial charge in [0.15, 0.2) is 10.8 Å². The predicted octanol–water partition coefficient (Wildman–Crippen LogP) is 0.498. The summed E-state index contributed by atoms with van der Waals surface area (Å²) in [6, 6.07) is 4.45. The Labute approximate surface area is 190 Å². The summed E-state index contributed by atoms with van der Waals surface area (Å²) in [6.45, 7) is -0.00929. The predicted molar refractivity (Wildman–Crippen MR) is 117 cm³/mol. The van der Waals surface area contributed by atoms with Gasteiger partial charge in [-0.3, -0.25) is 19.5 Å². The number of nitrogens with zero attached hydrogens (tertiary/aromatic N) is 4. The summed E-state index contributed by atoms with van der Waals surface area (Å²) in [5.74, 6) is -1.20. The Hall–Kier alpha value is -3.45. The summed E-state index contributed by atoms with van der Waals surface area (Å²) in [4.78, 5) is 52.3. The van der Waals surface area contributed by atoms with Gasteiger partial charge in [0.25, 0.3) is 11.8 Å². The van der Waals surface area contributed by atoms with Crippen LogP contribution in [0.4, 0.5) is 5.13 Å². The highest BCUT2D eigenvalue weighted by Gasteiger charge is 2.53. The Bertz CT molecular complexity index is 1100. The lowest BCUT2D eigenvalue weighted by Gasteiger charge is -2.48. The van der Waals surface area contributed by atoms with Crippen molar-refractivity contribution in [3.63, 3.8) is 0 Å². The van der Waals surface area contributed by atoms with Crippen LogP contribution >= 0.6 is 23.1 Å². The molecule has 0 radical (unpaired) electrons. The highest BCUT2D eigenvalue weighted by atomic mass is 32.2. The van der Waals surface area contributed by atoms with Gasteiger partial charge in [-0.25, -0.2) is 9.78 Å². The number of hydrogen-bond donors (Lipinski definition) is 2. The van der Waals surface area contributed by atoms with Crippen LogP contribution in [-0.2, 0) is 30.6 Å². The quantitative estimate of drug-likeness (QED) is 0.253. The first-order chi connectivity index (χ1) is 15.5. The summed E-state index contributed by atoms with van der Waals surface area (Å²) in [5, 5.41) is 7.75. The van der Waals surface area contributed by atoms with Crippen molar-refractivity contribution in [2.45, 2.75) is 18.0 Å². The molecule has 0 bridgehead atoms. The van der Waals surface area contributed by atoms with E-state index in [4.69, 9.17) is 15.3 Å². The minimum atomic E-state index is -0.835. The number of rotatable bonds is 7. The van der Waals surface area contributed by atoms with E-state index in [2.05, 4.69) is 20.4 Å². The molecule has 0 aromatic carbocycles. The molecule has 4 rings (SSSR count). The van der Waals surface area contributed by atoms with E-state index < -0.39 is 29.2 Å². The normalized spacial score (nSPS) is 20.0. The summed E-state index contributed by atoms with van der Waals surface area (Å²) in [7, 11) is 1.30. The third kappa shape index (κ3) is 4.29. The fraction of sp³-hybridized carbons (Fsp3) is 0.263. The van der Waals surface area contributed by atoms with Gasteiger partial charge in [0, 0.05) is 17.3 Å². The first-order valence-corrected chi connectivity index (χ1v) is 11.3. The monoisotopic (exact) mass is 474 g/mol. The van der Waals surface area contributed by atoms with Crippen LogP contribution in [0.2, 0.25) is 0 Å². The Morgan fingerprint density at radius 3 is 2.94 bits per heavy atom. The summed E-state index contributed by atoms with van der Waals surface area (Å²) in [5.41, 5.74) is 6.51. The zero-order valence-corrected chi connectivity index (χ0v) is 18.4. The van der Waals surface area contributed by atoms with Gasteiger partial charge in [-0.2, -0.15) is 0 Å². The Kier molecular flexibility index (Phi) is 6.37. The third-order valence-corrected chi connectivity index (χ3v) is 6.44. The smallest absolute Gasteiger partial charge is 0.355 e. The standard InChI is InChI=1S/C19H18N6O5S2/c1-29-24-13(11-9-32-19(20)22-11)15(26)23-14-16(27)25-12(5-7-31-17(14)25)18(28)30-8-10-4-2-3-6-21-10/h2-6,9,14,17H,7-8H2,1H3,(H2,20,22)(H,23,26)/t14?,17-/m0/s1. The second-order valence-electron chi connectivity index (χ2n) is 6.56. The van der Waals surface area contributed by atoms with E-state index in [0.29, 0.717) is 11.4 Å². The van der Waals surface area contributed by atoms with Crippen molar-refractivity contribution < 1.29 is 24.0 Å². The van der Waals surface area contributed by atoms with E-state index in [1.807, 2.05) is 0 Å². The topological polar surface area (TPSA) is 149 Å². The molecule has 2 aromatic rings. The van der Waals surface area contributed by atoms with Crippen molar-refractivity contribution in [2.75, 3.05) is 18.6 Å². The molecule has 11 nitrogen and oxygen atoms in total. The van der Waals surface area contributed by atoms with Gasteiger partial charge in [0.05, 0.1) is 5.69 Å². The number of pyridine rings is 1. The van der Waals surface area contributed by atoms with Crippen molar-refractivity contribution in [1.82, 2.24) is 20.2 Å². The molecule has 166 valence electrons. The molecule has 32 heavy (non-hydrogen) atoms. The van der Waals surface area contributed by atoms with Crippen LogP contribution in [0.15, 0.2) is 46.7 Å². The highest BCUT2D eigenvalue weighted by Crippen LogP contribution is 2.37. The molecule has 2 atom stereocenters. The maximum absolute atomic E-state index is 12.8. The van der Waals surface area contributed by atoms with Crippen LogP contribution < -0.4 is 11.1 Å². The molecule has 2 aliphatic rings. The fourth-order valence-corrected chi connectivity index (χ4v) is 4.87. The zero-order chi connectivity index (χ0) is 22.7. The molecule has 13 heteroatoms. The molecule has 4 heterocycles. The summed E-state index contributed by atoms with van der Waals surface area (Å²) in [6.07, 6.45) is 3.23. The van der Waals surface area contributed by atoms with E-state index in [1.54, 1.807) is 35.9 Å². The minimum absolute atomic E-state index is 0.00929. The van der Waals surface area contributed by atoms with E-state index >= 15 is 0 Å². The molecular weight excluding hydrogens is 456 g/mol. The number of thiazole rings is 1. The van der Waals surface area contributed by atoms with Crippen LogP contribution in [0.3, 0.4) is 0 Å². The Morgan fingerprint density at radius 2 is 2.25 bits per heavy atom. The number of esters is 1. The van der Waals surface area contributed by atoms with Crippen molar-refractivity contribution in [1.29, 1.82) is 0 Å². The fourth-order valence-electron chi connectivity index (χ4n) is 3.13. The lowest BCUT2D eigenvalue weighted by molar-refractivity contribution is -0.153. The van der Waals surface area contributed by atoms with Crippen LogP contribution in [0.1, 0.15) is 11.4 Å². The minimum Gasteiger partial charge on any atom is -0.455 e. The number of anilines is 1. The lowest BCUT2D eigenvalue weighted by Crippen LogP contribution is -2.70. The van der Waals surface area contributed by atoms with Crippen LogP contribution in [0.5, 0.6) is 0 Å². The number of carbonyl (C=O) groups excluding carboxylic acids is 3. The molecular formula is C19H18N6O5S2. The highest BCUT2D eigenvalue weighted by molar-refractivity contribution is 8.00. The van der Waals surface area contributed by atoms with E-state index in [9.17, 15) is 14.4 Å². The average molecular weight is 475 g/mol. The van der Waals surface area contributed by atoms with Gasteiger partial charge in [0.1, 0.15) is 36.5 Å². The molecule has 3 N–H and O–H groups in total. The molecule has 1 unspecified atom stereocenters. The van der Waals surface area contributed by atoms with Gasteiger partial charge in [-0.1, -0.05) is 11.2 Å². The zero-order valence-electron chi connectivity index (χ0n) is 16.8. The first-order valence-electron chi connectivity index (χ1n) is 9.35. The van der Waals surface area contributed by atoms with Crippen LogP contribution in [-0.4, -0.2) is 62.6 Å². The van der Waals surface area contributed by atoms with Crippen molar-refractivity contribution in [3.05, 3.63) is 52.9 Å². The molecule has 2 aromatic heterocycles. The van der Waals surface area contributed by atoms with Crippen molar-refractivity contribution in [3.8, 4) is 0 Å². The largest absolute Gasteiger partial charge is 0.455 e. The van der Waals surface area contributed by atoms with Gasteiger partial charge >= 0.3 is 5.97 Å². The second-order valence-corrected chi connectivity index (χ2v) is 8.60. The number of ether oxygens (including phenoxy) is 1. The van der Waals surface area contributed by atoms with E-state index in [0.717, 1.165) is 11.3 Å². The average Bonchev–Trinajstić information content (AvgIpc) is 3.24. The molecule has 2 amide bonds. The maximum atomic E-state index is 12.8. The second kappa shape index (κ2) is 9.36. The van der Waals surface area contributed by atoms with Crippen molar-refractivity contribution >= 4 is 51.7 Å². The molecule has 0 spiro atoms. The van der Waals surface area contributed by atoms with E-state index in [1.165, 1.54) is 23.8 Å². The van der Waals surface area contributed by atoms with Gasteiger partial charge < -0.3 is 20.6 Å². The number of oxime groups is 1. The van der Waals surface area contributed by atoms with Crippen LogP contribution in [0.25, 0.3) is 0 Å². The van der Waals surface area contributed by atoms with Crippen molar-refractivity contribution in [2.24, 2.45) is 5.16 Å². The van der Waals surface area contributed by atoms with Gasteiger partial charge in [-0.05, 0) is 18.2 Å². The van der Waals surface area contributed by atoms with Gasteiger partial charge in [0.2, 0.25) is 0 Å². The number of hydrogen-bond acceptors (Lipinski definition) is 11. The molecule has 1 saturated heterocycles. The number of amides is 2. The Balaban J connectivity index is 1.41. The van der Waals surface area contributed by atoms with Gasteiger partial charge in [-0.15, -0.1) is 23.1 Å². The number of nitrogens with one attached hydrogen (secondary N) is 1. The number of aromatic nitrogens is 2. The molecule has 0 aliphatic carbocycles. The summed E-state index contributed by atoms with van der Waals surface area (Å²) < 4.78 is 5.30. The first kappa shape index (κ1) is 21.8. The number of nitrogens with two attached hydrogens (primary N) is 1. The number of nitrogen functional groups attached to an aromatic ring is 1. The molecule has 1 fully saturated rings. The summed E-state index contributed by atoms with van der Waals surface area (Å²) >= 11 is 2.56. The van der Waals surface area contributed by atoms with Crippen LogP contribution in [0, 0.1) is 0 Å². The number of carbonyl (C=O) groups is 3. The molecule has 2 aliphatic heterocycles. The lowest BCUT2D eigenvalue weighted by atomic mass is 10.0. The third-order valence-electron chi connectivity index (χ3n) is 4.58. The maximum Gasteiger partial charge on any atom is 0.355 e. The molecule has 0 saturated carbocycles. The SMILES string of the molecule is CON=C(C(=O)NC1C(=O)N2C(C(=O)OCc3ccccn3)=CCS[C@@H]12)c1csc(N)n1. The number of β-lactam (4-membered cyclic amide) rings is 1. The number of thioether (sulfide) groups is 1. The Morgan fingerprint density at radius 1 is 1.41 bits per heavy atom. The van der Waals surface area contributed by atoms with E-state index in [-0.39, 0.29) is 28.8 Å².